The van der Waals surface area contributed by atoms with Crippen molar-refractivity contribution in [1.82, 2.24) is 9.55 Å². The minimum atomic E-state index is -4.45. The molecule has 3 heterocycles. The van der Waals surface area contributed by atoms with Gasteiger partial charge >= 0.3 is 25.4 Å². The number of carbonyl (C=O) groups excluding carboxylic acids is 1. The van der Waals surface area contributed by atoms with Gasteiger partial charge in [0.05, 0.1) is 12.0 Å². The van der Waals surface area contributed by atoms with Crippen molar-refractivity contribution < 1.29 is 41.2 Å². The fourth-order valence-corrected chi connectivity index (χ4v) is 3.93. The zero-order chi connectivity index (χ0) is 21.6. The van der Waals surface area contributed by atoms with Crippen LogP contribution in [0.4, 0.5) is 8.78 Å². The minimum Gasteiger partial charge on any atom is -0.437 e. The van der Waals surface area contributed by atoms with Crippen molar-refractivity contribution >= 4 is 13.8 Å². The van der Waals surface area contributed by atoms with E-state index in [4.69, 9.17) is 23.0 Å². The van der Waals surface area contributed by atoms with E-state index in [0.717, 1.165) is 6.20 Å². The highest BCUT2D eigenvalue weighted by molar-refractivity contribution is 7.48. The Bertz CT molecular complexity index is 900. The van der Waals surface area contributed by atoms with E-state index in [-0.39, 0.29) is 0 Å². The number of carbonyl (C=O) groups is 1. The summed E-state index contributed by atoms with van der Waals surface area (Å²) < 4.78 is 67.6. The molecule has 1 aromatic heterocycles. The first-order valence-electron chi connectivity index (χ1n) is 8.67. The van der Waals surface area contributed by atoms with Gasteiger partial charge in [-0.25, -0.2) is 13.9 Å². The molecule has 0 bridgehead atoms. The van der Waals surface area contributed by atoms with Gasteiger partial charge in [0.2, 0.25) is 13.0 Å². The van der Waals surface area contributed by atoms with E-state index in [0.29, 0.717) is 10.3 Å². The summed E-state index contributed by atoms with van der Waals surface area (Å²) in [4.78, 5) is 27.3. The van der Waals surface area contributed by atoms with E-state index in [9.17, 15) is 22.9 Å². The third kappa shape index (κ3) is 4.41. The van der Waals surface area contributed by atoms with Crippen LogP contribution in [0, 0.1) is 12.3 Å². The zero-order valence-electron chi connectivity index (χ0n) is 16.2. The van der Waals surface area contributed by atoms with Gasteiger partial charge in [-0.2, -0.15) is 13.8 Å². The van der Waals surface area contributed by atoms with Crippen LogP contribution in [0.3, 0.4) is 0 Å². The Morgan fingerprint density at radius 3 is 2.76 bits per heavy atom. The molecule has 2 aliphatic heterocycles. The topological polar surface area (TPSA) is 115 Å². The lowest BCUT2D eigenvalue weighted by molar-refractivity contribution is -0.163. The Morgan fingerprint density at radius 2 is 2.14 bits per heavy atom. The number of nitrogens with zero attached hydrogens (tertiary/aromatic N) is 2. The molecule has 2 fully saturated rings. The Labute approximate surface area is 164 Å². The highest BCUT2D eigenvalue weighted by Crippen LogP contribution is 2.59. The van der Waals surface area contributed by atoms with Gasteiger partial charge in [-0.05, 0) is 33.8 Å². The van der Waals surface area contributed by atoms with Gasteiger partial charge in [-0.3, -0.25) is 18.4 Å². The van der Waals surface area contributed by atoms with E-state index in [2.05, 4.69) is 4.98 Å². The van der Waals surface area contributed by atoms with Crippen LogP contribution in [0.5, 0.6) is 0 Å². The smallest absolute Gasteiger partial charge is 0.437 e. The molecular formula is C16H21F2N2O8P. The predicted molar refractivity (Wildman–Crippen MR) is 92.0 cm³/mol. The first-order valence-corrected chi connectivity index (χ1v) is 10.1. The maximum absolute atomic E-state index is 14.9. The van der Waals surface area contributed by atoms with Crippen LogP contribution in [-0.4, -0.2) is 47.1 Å². The molecule has 0 aromatic carbocycles. The standard InChI is InChI=1S/C16H21F2N2O8P/c1-9-5-6-20(14(22)19-9)12-16(17,18)11-10(27-12)7-25-29(23,28-11)26-8-24-13(21)15(2,3)4/h5-6,10-12H,7-8H2,1-4H3/t10-,11-,12-,29?/m1/s1. The first-order chi connectivity index (χ1) is 13.3. The molecule has 0 amide bonds. The predicted octanol–water partition coefficient (Wildman–Crippen LogP) is 2.17. The minimum absolute atomic E-state index is 0.354. The van der Waals surface area contributed by atoms with Crippen LogP contribution in [0.25, 0.3) is 0 Å². The summed E-state index contributed by atoms with van der Waals surface area (Å²) in [6.07, 6.45) is -4.19. The number of aryl methyl sites for hydroxylation is 1. The van der Waals surface area contributed by atoms with Crippen molar-refractivity contribution in [3.05, 3.63) is 28.4 Å². The van der Waals surface area contributed by atoms with E-state index in [1.807, 2.05) is 0 Å². The number of aromatic nitrogens is 2. The number of ether oxygens (including phenoxy) is 2. The van der Waals surface area contributed by atoms with Gasteiger partial charge in [0, 0.05) is 11.9 Å². The summed E-state index contributed by atoms with van der Waals surface area (Å²) in [5.41, 5.74) is -1.42. The summed E-state index contributed by atoms with van der Waals surface area (Å²) in [5, 5.41) is 0. The molecule has 3 rings (SSSR count). The number of halogens is 2. The van der Waals surface area contributed by atoms with Crippen LogP contribution >= 0.6 is 7.82 Å². The third-order valence-corrected chi connectivity index (χ3v) is 5.60. The Hall–Kier alpha value is -1.72. The average Bonchev–Trinajstić information content (AvgIpc) is 2.84. The fourth-order valence-electron chi connectivity index (χ4n) is 2.67. The molecule has 1 unspecified atom stereocenters. The first kappa shape index (κ1) is 22.0. The lowest BCUT2D eigenvalue weighted by atomic mass is 9.98. The van der Waals surface area contributed by atoms with Gasteiger partial charge in [0.15, 0.2) is 6.10 Å². The van der Waals surface area contributed by atoms with Crippen molar-refractivity contribution in [2.24, 2.45) is 5.41 Å². The van der Waals surface area contributed by atoms with E-state index >= 15 is 0 Å². The van der Waals surface area contributed by atoms with Crippen LogP contribution in [0.2, 0.25) is 0 Å². The molecule has 0 saturated carbocycles. The maximum atomic E-state index is 14.9. The number of fused-ring (bicyclic) bond motifs is 1. The second-order valence-electron chi connectivity index (χ2n) is 7.66. The molecule has 29 heavy (non-hydrogen) atoms. The number of phosphoric ester groups is 1. The molecule has 0 spiro atoms. The van der Waals surface area contributed by atoms with Gasteiger partial charge < -0.3 is 9.47 Å². The number of hydrogen-bond acceptors (Lipinski definition) is 9. The number of alkyl halides is 2. The molecule has 13 heteroatoms. The number of rotatable bonds is 4. The van der Waals surface area contributed by atoms with Crippen molar-refractivity contribution in [2.45, 2.75) is 52.1 Å². The van der Waals surface area contributed by atoms with Crippen LogP contribution in [0.15, 0.2) is 17.1 Å². The summed E-state index contributed by atoms with van der Waals surface area (Å²) in [5.74, 6) is -4.39. The van der Waals surface area contributed by atoms with Gasteiger partial charge in [0.1, 0.15) is 6.10 Å². The third-order valence-electron chi connectivity index (χ3n) is 4.22. The second kappa shape index (κ2) is 7.51. The molecule has 4 atom stereocenters. The lowest BCUT2D eigenvalue weighted by Crippen LogP contribution is -2.45. The Kier molecular flexibility index (Phi) is 5.69. The number of phosphoric acid groups is 1. The van der Waals surface area contributed by atoms with Crippen LogP contribution < -0.4 is 5.69 Å². The highest BCUT2D eigenvalue weighted by Gasteiger charge is 2.65. The van der Waals surface area contributed by atoms with Crippen molar-refractivity contribution in [1.29, 1.82) is 0 Å². The molecule has 10 nitrogen and oxygen atoms in total. The maximum Gasteiger partial charge on any atom is 0.478 e. The molecule has 0 radical (unpaired) electrons. The van der Waals surface area contributed by atoms with Gasteiger partial charge in [0.25, 0.3) is 0 Å². The monoisotopic (exact) mass is 438 g/mol. The zero-order valence-corrected chi connectivity index (χ0v) is 17.1. The highest BCUT2D eigenvalue weighted by atomic mass is 31.2. The van der Waals surface area contributed by atoms with E-state index in [1.54, 1.807) is 20.8 Å². The number of esters is 1. The Balaban J connectivity index is 1.71. The molecule has 1 aromatic rings. The molecule has 0 N–H and O–H groups in total. The molecule has 2 aliphatic rings. The Morgan fingerprint density at radius 1 is 1.45 bits per heavy atom. The summed E-state index contributed by atoms with van der Waals surface area (Å²) in [6.45, 7) is 4.98. The van der Waals surface area contributed by atoms with Crippen molar-refractivity contribution in [2.75, 3.05) is 13.4 Å². The lowest BCUT2D eigenvalue weighted by Gasteiger charge is -2.31. The van der Waals surface area contributed by atoms with Crippen molar-refractivity contribution in [3.8, 4) is 0 Å². The molecule has 162 valence electrons. The van der Waals surface area contributed by atoms with E-state index < -0.39 is 62.7 Å². The molecule has 2 saturated heterocycles. The number of hydrogen-bond donors (Lipinski definition) is 0. The second-order valence-corrected chi connectivity index (χ2v) is 9.28. The summed E-state index contributed by atoms with van der Waals surface area (Å²) >= 11 is 0. The van der Waals surface area contributed by atoms with E-state index in [1.165, 1.54) is 13.0 Å². The van der Waals surface area contributed by atoms with Crippen LogP contribution in [-0.2, 0) is 32.4 Å². The van der Waals surface area contributed by atoms with Gasteiger partial charge in [-0.1, -0.05) is 0 Å². The SMILES string of the molecule is Cc1ccn([C@@H]2O[C@@H]3COP(=O)(OCOC(=O)C(C)(C)C)O[C@H]3C2(F)F)c(=O)n1. The average molecular weight is 438 g/mol. The quantitative estimate of drug-likeness (QED) is 0.396. The molecular weight excluding hydrogens is 417 g/mol. The van der Waals surface area contributed by atoms with Crippen LogP contribution in [0.1, 0.15) is 32.7 Å². The summed E-state index contributed by atoms with van der Waals surface area (Å²) in [7, 11) is -4.45. The molecule has 0 aliphatic carbocycles. The largest absolute Gasteiger partial charge is 0.478 e. The summed E-state index contributed by atoms with van der Waals surface area (Å²) in [6, 6.07) is 1.37. The normalized spacial score (nSPS) is 31.3. The van der Waals surface area contributed by atoms with Gasteiger partial charge in [-0.15, -0.1) is 0 Å². The fraction of sp³-hybridized carbons (Fsp3) is 0.688. The van der Waals surface area contributed by atoms with Crippen molar-refractivity contribution in [3.63, 3.8) is 0 Å².